The van der Waals surface area contributed by atoms with Crippen LogP contribution >= 0.6 is 11.6 Å². The molecule has 6 nitrogen and oxygen atoms in total. The molecule has 4 N–H and O–H groups in total. The summed E-state index contributed by atoms with van der Waals surface area (Å²) in [4.78, 5) is 13.8. The van der Waals surface area contributed by atoms with Gasteiger partial charge in [0, 0.05) is 31.1 Å². The number of anilines is 1. The van der Waals surface area contributed by atoms with Gasteiger partial charge in [-0.15, -0.1) is 0 Å². The largest absolute Gasteiger partial charge is 0.390 e. The van der Waals surface area contributed by atoms with Crippen molar-refractivity contribution in [2.45, 2.75) is 19.2 Å². The molecular formula is C15H17ClF2N4O2. The molecule has 0 saturated carbocycles. The van der Waals surface area contributed by atoms with E-state index in [4.69, 9.17) is 17.0 Å². The normalized spacial score (nSPS) is 19.7. The third-order valence-electron chi connectivity index (χ3n) is 3.49. The molecule has 1 fully saturated rings. The molecule has 1 aromatic rings. The van der Waals surface area contributed by atoms with Crippen LogP contribution in [0, 0.1) is 17.0 Å². The lowest BCUT2D eigenvalue weighted by Crippen LogP contribution is -2.44. The highest BCUT2D eigenvalue weighted by Gasteiger charge is 2.31. The summed E-state index contributed by atoms with van der Waals surface area (Å²) in [5, 5.41) is 22.3. The zero-order valence-corrected chi connectivity index (χ0v) is 13.6. The highest BCUT2D eigenvalue weighted by Crippen LogP contribution is 2.21. The highest BCUT2D eigenvalue weighted by molar-refractivity contribution is 6.45. The SMILES string of the molecule is CC(O)C1NCCN1C(C=N)=C(Cl)C(=O)Nc1cc(F)cc(F)c1. The summed E-state index contributed by atoms with van der Waals surface area (Å²) in [5.41, 5.74) is 0.00791. The van der Waals surface area contributed by atoms with Gasteiger partial charge in [-0.2, -0.15) is 0 Å². The van der Waals surface area contributed by atoms with Gasteiger partial charge in [-0.1, -0.05) is 11.6 Å². The minimum absolute atomic E-state index is 0.0911. The molecule has 130 valence electrons. The summed E-state index contributed by atoms with van der Waals surface area (Å²) < 4.78 is 26.3. The van der Waals surface area contributed by atoms with Gasteiger partial charge < -0.3 is 20.7 Å². The molecule has 1 amide bonds. The third kappa shape index (κ3) is 4.08. The topological polar surface area (TPSA) is 88.5 Å². The van der Waals surface area contributed by atoms with E-state index in [0.717, 1.165) is 18.3 Å². The lowest BCUT2D eigenvalue weighted by atomic mass is 10.2. The zero-order valence-electron chi connectivity index (χ0n) is 12.8. The Kier molecular flexibility index (Phi) is 5.87. The van der Waals surface area contributed by atoms with Crippen molar-refractivity contribution in [2.75, 3.05) is 18.4 Å². The molecule has 2 rings (SSSR count). The number of hydrogen-bond donors (Lipinski definition) is 4. The predicted molar refractivity (Wildman–Crippen MR) is 86.8 cm³/mol. The van der Waals surface area contributed by atoms with E-state index in [0.29, 0.717) is 19.2 Å². The van der Waals surface area contributed by atoms with E-state index in [-0.39, 0.29) is 16.4 Å². The molecule has 1 aliphatic heterocycles. The Labute approximate surface area is 142 Å². The average Bonchev–Trinajstić information content (AvgIpc) is 2.96. The van der Waals surface area contributed by atoms with Crippen molar-refractivity contribution in [1.29, 1.82) is 5.41 Å². The van der Waals surface area contributed by atoms with Gasteiger partial charge in [-0.05, 0) is 19.1 Å². The Bertz CT molecular complexity index is 661. The molecule has 24 heavy (non-hydrogen) atoms. The molecule has 0 radical (unpaired) electrons. The van der Waals surface area contributed by atoms with E-state index in [9.17, 15) is 18.7 Å². The van der Waals surface area contributed by atoms with E-state index in [1.54, 1.807) is 11.8 Å². The molecule has 0 aliphatic carbocycles. The van der Waals surface area contributed by atoms with Crippen LogP contribution in [-0.4, -0.2) is 47.5 Å². The quantitative estimate of drug-likeness (QED) is 0.476. The molecule has 0 spiro atoms. The number of benzene rings is 1. The number of nitrogens with one attached hydrogen (secondary N) is 3. The van der Waals surface area contributed by atoms with Crippen LogP contribution in [0.3, 0.4) is 0 Å². The molecule has 9 heteroatoms. The third-order valence-corrected chi connectivity index (χ3v) is 3.85. The van der Waals surface area contributed by atoms with Gasteiger partial charge in [-0.25, -0.2) is 8.78 Å². The predicted octanol–water partition coefficient (Wildman–Crippen LogP) is 1.62. The Morgan fingerprint density at radius 1 is 1.50 bits per heavy atom. The Hall–Kier alpha value is -2.03. The van der Waals surface area contributed by atoms with Crippen LogP contribution in [-0.2, 0) is 4.79 Å². The monoisotopic (exact) mass is 358 g/mol. The van der Waals surface area contributed by atoms with E-state index >= 15 is 0 Å². The number of rotatable bonds is 5. The summed E-state index contributed by atoms with van der Waals surface area (Å²) in [5.74, 6) is -2.48. The highest BCUT2D eigenvalue weighted by atomic mass is 35.5. The van der Waals surface area contributed by atoms with Crippen LogP contribution in [0.1, 0.15) is 6.92 Å². The first-order chi connectivity index (χ1) is 11.3. The lowest BCUT2D eigenvalue weighted by Gasteiger charge is -2.29. The van der Waals surface area contributed by atoms with E-state index in [2.05, 4.69) is 10.6 Å². The fourth-order valence-electron chi connectivity index (χ4n) is 2.48. The van der Waals surface area contributed by atoms with E-state index in [1.807, 2.05) is 0 Å². The summed E-state index contributed by atoms with van der Waals surface area (Å²) >= 11 is 6.05. The maximum Gasteiger partial charge on any atom is 0.269 e. The van der Waals surface area contributed by atoms with Crippen molar-refractivity contribution in [3.63, 3.8) is 0 Å². The first-order valence-electron chi connectivity index (χ1n) is 7.19. The standard InChI is InChI=1S/C15H17ClF2N4O2/c1-8(23)14-20-2-3-22(14)12(7-19)13(16)15(24)21-11-5-9(17)4-10(18)6-11/h4-8,14,19-20,23H,2-3H2,1H3,(H,21,24). The van der Waals surface area contributed by atoms with Crippen molar-refractivity contribution in [3.8, 4) is 0 Å². The van der Waals surface area contributed by atoms with Crippen molar-refractivity contribution < 1.29 is 18.7 Å². The first-order valence-corrected chi connectivity index (χ1v) is 7.57. The second-order valence-electron chi connectivity index (χ2n) is 5.29. The minimum atomic E-state index is -0.837. The Morgan fingerprint density at radius 3 is 2.67 bits per heavy atom. The van der Waals surface area contributed by atoms with Gasteiger partial charge in [0.15, 0.2) is 0 Å². The van der Waals surface area contributed by atoms with Gasteiger partial charge >= 0.3 is 0 Å². The summed E-state index contributed by atoms with van der Waals surface area (Å²) in [6.45, 7) is 2.56. The number of nitrogens with zero attached hydrogens (tertiary/aromatic N) is 1. The lowest BCUT2D eigenvalue weighted by molar-refractivity contribution is -0.112. The zero-order chi connectivity index (χ0) is 17.9. The molecule has 1 heterocycles. The maximum absolute atomic E-state index is 13.2. The fourth-order valence-corrected chi connectivity index (χ4v) is 2.69. The van der Waals surface area contributed by atoms with Crippen LogP contribution in [0.2, 0.25) is 0 Å². The van der Waals surface area contributed by atoms with Crippen molar-refractivity contribution in [1.82, 2.24) is 10.2 Å². The van der Waals surface area contributed by atoms with Gasteiger partial charge in [-0.3, -0.25) is 10.1 Å². The summed E-state index contributed by atoms with van der Waals surface area (Å²) in [6.07, 6.45) is -0.349. The van der Waals surface area contributed by atoms with Gasteiger partial charge in [0.05, 0.1) is 11.8 Å². The van der Waals surface area contributed by atoms with Crippen LogP contribution in [0.15, 0.2) is 28.9 Å². The number of amides is 1. The van der Waals surface area contributed by atoms with Gasteiger partial charge in [0.2, 0.25) is 0 Å². The van der Waals surface area contributed by atoms with Gasteiger partial charge in [0.1, 0.15) is 22.8 Å². The Morgan fingerprint density at radius 2 is 2.12 bits per heavy atom. The van der Waals surface area contributed by atoms with Crippen molar-refractivity contribution >= 4 is 29.4 Å². The molecule has 1 saturated heterocycles. The molecule has 2 unspecified atom stereocenters. The molecule has 2 atom stereocenters. The van der Waals surface area contributed by atoms with Gasteiger partial charge in [0.25, 0.3) is 5.91 Å². The molecule has 0 bridgehead atoms. The van der Waals surface area contributed by atoms with Crippen LogP contribution in [0.4, 0.5) is 14.5 Å². The summed E-state index contributed by atoms with van der Waals surface area (Å²) in [7, 11) is 0. The number of carbonyl (C=O) groups excluding carboxylic acids is 1. The van der Waals surface area contributed by atoms with E-state index < -0.39 is 29.8 Å². The summed E-state index contributed by atoms with van der Waals surface area (Å²) in [6, 6.07) is 2.58. The number of halogens is 3. The van der Waals surface area contributed by atoms with Crippen LogP contribution in [0.5, 0.6) is 0 Å². The Balaban J connectivity index is 2.25. The molecule has 1 aliphatic rings. The number of carbonyl (C=O) groups is 1. The average molecular weight is 359 g/mol. The molecular weight excluding hydrogens is 342 g/mol. The number of hydrogen-bond acceptors (Lipinski definition) is 5. The number of allylic oxidation sites excluding steroid dienone is 1. The number of aliphatic hydroxyl groups excluding tert-OH is 1. The minimum Gasteiger partial charge on any atom is -0.390 e. The van der Waals surface area contributed by atoms with Crippen molar-refractivity contribution in [2.24, 2.45) is 0 Å². The smallest absolute Gasteiger partial charge is 0.269 e. The fraction of sp³-hybridized carbons (Fsp3) is 0.333. The van der Waals surface area contributed by atoms with Crippen LogP contribution in [0.25, 0.3) is 0 Å². The van der Waals surface area contributed by atoms with Crippen LogP contribution < -0.4 is 10.6 Å². The van der Waals surface area contributed by atoms with Crippen molar-refractivity contribution in [3.05, 3.63) is 40.6 Å². The number of aliphatic hydroxyl groups is 1. The molecule has 0 aromatic heterocycles. The van der Waals surface area contributed by atoms with E-state index in [1.165, 1.54) is 0 Å². The maximum atomic E-state index is 13.2. The second-order valence-corrected chi connectivity index (χ2v) is 5.67. The molecule has 1 aromatic carbocycles. The first kappa shape index (κ1) is 18.3. The second kappa shape index (κ2) is 7.69.